The summed E-state index contributed by atoms with van der Waals surface area (Å²) in [4.78, 5) is 25.0. The lowest BCUT2D eigenvalue weighted by Gasteiger charge is -2.32. The fraction of sp³-hybridized carbons (Fsp3) is 0.0303. The molecular formula is C33H27NO3P2. The van der Waals surface area contributed by atoms with Gasteiger partial charge in [0.25, 0.3) is 5.69 Å². The van der Waals surface area contributed by atoms with Crippen LogP contribution in [0, 0.1) is 10.1 Å². The van der Waals surface area contributed by atoms with E-state index in [4.69, 9.17) is 0 Å². The largest absolute Gasteiger partial charge is 0.289 e. The Morgan fingerprint density at radius 3 is 1.59 bits per heavy atom. The Morgan fingerprint density at radius 2 is 1.13 bits per heavy atom. The number of rotatable bonds is 9. The van der Waals surface area contributed by atoms with E-state index >= 15 is 0 Å². The van der Waals surface area contributed by atoms with Crippen molar-refractivity contribution in [3.05, 3.63) is 161 Å². The maximum atomic E-state index is 14.0. The van der Waals surface area contributed by atoms with Crippen molar-refractivity contribution in [2.45, 2.75) is 0 Å². The molecule has 0 spiro atoms. The van der Waals surface area contributed by atoms with Gasteiger partial charge in [-0.2, -0.15) is 0 Å². The molecule has 0 aliphatic carbocycles. The monoisotopic (exact) mass is 547 g/mol. The van der Waals surface area contributed by atoms with E-state index in [1.54, 1.807) is 12.1 Å². The Kier molecular flexibility index (Phi) is 8.27. The Labute approximate surface area is 229 Å². The zero-order valence-electron chi connectivity index (χ0n) is 21.2. The molecule has 0 unspecified atom stereocenters. The van der Waals surface area contributed by atoms with Gasteiger partial charge in [-0.1, -0.05) is 133 Å². The van der Waals surface area contributed by atoms with E-state index in [-0.39, 0.29) is 11.5 Å². The summed E-state index contributed by atoms with van der Waals surface area (Å²) in [6.45, 7) is -2.46. The average Bonchev–Trinajstić information content (AvgIpc) is 3.01. The highest BCUT2D eigenvalue weighted by Gasteiger charge is 2.30. The zero-order chi connectivity index (χ0) is 27.1. The Morgan fingerprint density at radius 1 is 0.667 bits per heavy atom. The van der Waals surface area contributed by atoms with Crippen LogP contribution in [-0.4, -0.2) is 22.4 Å². The zero-order valence-corrected chi connectivity index (χ0v) is 23.0. The van der Waals surface area contributed by atoms with Gasteiger partial charge in [0.05, 0.1) is 4.92 Å². The molecule has 0 aliphatic rings. The lowest BCUT2D eigenvalue weighted by Crippen LogP contribution is -2.26. The van der Waals surface area contributed by atoms with Crippen LogP contribution < -0.4 is 21.2 Å². The van der Waals surface area contributed by atoms with Crippen LogP contribution in [0.25, 0.3) is 0 Å². The van der Waals surface area contributed by atoms with Gasteiger partial charge in [-0.25, -0.2) is 0 Å². The van der Waals surface area contributed by atoms with Gasteiger partial charge < -0.3 is 0 Å². The lowest BCUT2D eigenvalue weighted by atomic mass is 10.1. The van der Waals surface area contributed by atoms with Crippen LogP contribution in [-0.2, 0) is 0 Å². The van der Waals surface area contributed by atoms with Crippen molar-refractivity contribution in [3.8, 4) is 0 Å². The molecule has 6 heteroatoms. The summed E-state index contributed by atoms with van der Waals surface area (Å²) in [6.07, 6.45) is 0. The van der Waals surface area contributed by atoms with E-state index in [1.807, 2.05) is 54.3 Å². The van der Waals surface area contributed by atoms with Gasteiger partial charge in [0.15, 0.2) is 5.78 Å². The molecule has 192 valence electrons. The second kappa shape index (κ2) is 12.2. The number of Topliss-reactive ketones (excluding diaryl/α,β-unsaturated/α-hetero) is 1. The molecule has 0 bridgehead atoms. The summed E-state index contributed by atoms with van der Waals surface area (Å²) in [5, 5.41) is 16.2. The van der Waals surface area contributed by atoms with Gasteiger partial charge in [-0.3, -0.25) is 14.9 Å². The molecule has 5 aromatic rings. The number of benzene rings is 5. The quantitative estimate of drug-likeness (QED) is 0.0937. The Hall–Kier alpha value is -4.10. The summed E-state index contributed by atoms with van der Waals surface area (Å²) < 4.78 is 0. The van der Waals surface area contributed by atoms with Crippen LogP contribution in [0.15, 0.2) is 146 Å². The standard InChI is InChI=1S/C33H27NO3P2/c35-33(27-14-13-15-28(24-27)34(36)37)25-39(31-20-9-3-10-21-31,32-22-11-4-12-23-32)26-38(29-16-5-1-6-17-29)30-18-7-2-8-19-30/h1-25H,26H2. The lowest BCUT2D eigenvalue weighted by molar-refractivity contribution is -0.384. The first-order valence-corrected chi connectivity index (χ1v) is 16.2. The SMILES string of the molecule is O=C(C=P(CP(c1ccccc1)c1ccccc1)(c1ccccc1)c1ccccc1)c1cccc([N+](=O)[O-])c1. The van der Waals surface area contributed by atoms with Crippen molar-refractivity contribution in [2.75, 3.05) is 5.90 Å². The number of hydrogen-bond donors (Lipinski definition) is 0. The van der Waals surface area contributed by atoms with Crippen molar-refractivity contribution in [2.24, 2.45) is 0 Å². The van der Waals surface area contributed by atoms with Gasteiger partial charge in [0.2, 0.25) is 0 Å². The summed E-state index contributed by atoms with van der Waals surface area (Å²) in [5.41, 5.74) is 0.234. The van der Waals surface area contributed by atoms with Crippen molar-refractivity contribution < 1.29 is 9.72 Å². The molecule has 5 aromatic carbocycles. The van der Waals surface area contributed by atoms with Gasteiger partial charge in [0.1, 0.15) is 0 Å². The van der Waals surface area contributed by atoms with Crippen LogP contribution in [0.4, 0.5) is 5.69 Å². The highest BCUT2D eigenvalue weighted by Crippen LogP contribution is 2.55. The third-order valence-corrected chi connectivity index (χ3v) is 14.5. The smallest absolute Gasteiger partial charge is 0.270 e. The maximum Gasteiger partial charge on any atom is 0.270 e. The third kappa shape index (κ3) is 5.99. The number of hydrogen-bond acceptors (Lipinski definition) is 3. The molecule has 0 aromatic heterocycles. The number of nitro groups is 1. The summed E-state index contributed by atoms with van der Waals surface area (Å²) in [6, 6.07) is 47.5. The second-order valence-electron chi connectivity index (χ2n) is 9.08. The van der Waals surface area contributed by atoms with Crippen LogP contribution in [0.5, 0.6) is 0 Å². The molecule has 0 radical (unpaired) electrons. The van der Waals surface area contributed by atoms with E-state index < -0.39 is 19.7 Å². The number of nitro benzene ring substituents is 1. The first-order valence-electron chi connectivity index (χ1n) is 12.6. The predicted octanol–water partition coefficient (Wildman–Crippen LogP) is 6.34. The number of carbonyl (C=O) groups is 1. The first-order chi connectivity index (χ1) is 19.1. The maximum absolute atomic E-state index is 14.0. The minimum absolute atomic E-state index is 0.0894. The second-order valence-corrected chi connectivity index (χ2v) is 15.1. The van der Waals surface area contributed by atoms with Crippen LogP contribution >= 0.6 is 14.8 Å². The van der Waals surface area contributed by atoms with Gasteiger partial charge in [-0.15, -0.1) is 0 Å². The van der Waals surface area contributed by atoms with Crippen molar-refractivity contribution in [3.63, 3.8) is 0 Å². The molecule has 0 saturated carbocycles. The first kappa shape index (κ1) is 26.5. The fourth-order valence-corrected chi connectivity index (χ4v) is 13.3. The molecule has 0 N–H and O–H groups in total. The van der Waals surface area contributed by atoms with E-state index in [1.165, 1.54) is 22.7 Å². The number of ketones is 1. The Bertz CT molecular complexity index is 1540. The summed E-state index contributed by atoms with van der Waals surface area (Å²) >= 11 is 0. The number of non-ortho nitro benzene ring substituents is 1. The third-order valence-electron chi connectivity index (χ3n) is 6.61. The molecule has 0 heterocycles. The normalized spacial score (nSPS) is 11.2. The van der Waals surface area contributed by atoms with Crippen molar-refractivity contribution in [1.29, 1.82) is 0 Å². The van der Waals surface area contributed by atoms with Gasteiger partial charge in [0, 0.05) is 23.6 Å². The minimum Gasteiger partial charge on any atom is -0.289 e. The average molecular weight is 548 g/mol. The van der Waals surface area contributed by atoms with E-state index in [9.17, 15) is 14.9 Å². The molecule has 0 aliphatic heterocycles. The van der Waals surface area contributed by atoms with Crippen molar-refractivity contribution in [1.82, 2.24) is 0 Å². The topological polar surface area (TPSA) is 60.2 Å². The molecule has 0 atom stereocenters. The van der Waals surface area contributed by atoms with E-state index in [0.717, 1.165) is 16.5 Å². The molecule has 0 saturated heterocycles. The predicted molar refractivity (Wildman–Crippen MR) is 167 cm³/mol. The van der Waals surface area contributed by atoms with E-state index in [2.05, 4.69) is 72.8 Å². The summed E-state index contributed by atoms with van der Waals surface area (Å²) in [5.74, 6) is 2.44. The molecule has 39 heavy (non-hydrogen) atoms. The Balaban J connectivity index is 1.78. The number of carbonyl (C=O) groups excluding carboxylic acids is 1. The highest BCUT2D eigenvalue weighted by molar-refractivity contribution is 7.98. The molecule has 0 amide bonds. The van der Waals surface area contributed by atoms with Crippen LogP contribution in [0.1, 0.15) is 10.4 Å². The van der Waals surface area contributed by atoms with Gasteiger partial charge in [-0.05, 0) is 41.8 Å². The van der Waals surface area contributed by atoms with Crippen molar-refractivity contribution >= 4 is 53.3 Å². The van der Waals surface area contributed by atoms with Gasteiger partial charge >= 0.3 is 0 Å². The minimum atomic E-state index is -2.46. The fourth-order valence-electron chi connectivity index (χ4n) is 4.69. The number of nitrogens with zero attached hydrogens (tertiary/aromatic N) is 1. The van der Waals surface area contributed by atoms with Crippen LogP contribution in [0.3, 0.4) is 0 Å². The molecule has 5 rings (SSSR count). The van der Waals surface area contributed by atoms with E-state index in [0.29, 0.717) is 5.56 Å². The molecule has 0 fully saturated rings. The summed E-state index contributed by atoms with van der Waals surface area (Å²) in [7, 11) is -0.844. The highest BCUT2D eigenvalue weighted by atomic mass is 31.2. The van der Waals surface area contributed by atoms with Crippen LogP contribution in [0.2, 0.25) is 0 Å². The molecular weight excluding hydrogens is 520 g/mol. The molecule has 4 nitrogen and oxygen atoms in total.